The van der Waals surface area contributed by atoms with Crippen molar-refractivity contribution in [2.45, 2.75) is 149 Å². The van der Waals surface area contributed by atoms with Crippen molar-refractivity contribution < 1.29 is 19.4 Å². The van der Waals surface area contributed by atoms with Crippen molar-refractivity contribution in [3.63, 3.8) is 0 Å². The van der Waals surface area contributed by atoms with E-state index in [1.807, 2.05) is 0 Å². The van der Waals surface area contributed by atoms with Gasteiger partial charge in [0.25, 0.3) is 0 Å². The molecule has 30 heavy (non-hydrogen) atoms. The zero-order chi connectivity index (χ0) is 22.5. The molecule has 2 unspecified atom stereocenters. The number of carbonyl (C=O) groups excluding carboxylic acids is 1. The second-order valence-electron chi connectivity index (χ2n) is 8.97. The first-order chi connectivity index (χ1) is 14.5. The average Bonchev–Trinajstić information content (AvgIpc) is 2.70. The number of ether oxygens (including phenoxy) is 1. The maximum Gasteiger partial charge on any atom is 0.310 e. The lowest BCUT2D eigenvalue weighted by Crippen LogP contribution is -2.32. The van der Waals surface area contributed by atoms with Gasteiger partial charge in [0.1, 0.15) is 6.10 Å². The third-order valence-electron chi connectivity index (χ3n) is 6.04. The Morgan fingerprint density at radius 3 is 1.37 bits per heavy atom. The molecule has 0 aromatic carbocycles. The van der Waals surface area contributed by atoms with Crippen molar-refractivity contribution in [2.75, 3.05) is 0 Å². The van der Waals surface area contributed by atoms with Crippen LogP contribution in [0.3, 0.4) is 0 Å². The summed E-state index contributed by atoms with van der Waals surface area (Å²) in [7, 11) is 0. The van der Waals surface area contributed by atoms with Gasteiger partial charge in [-0.3, -0.25) is 9.59 Å². The molecule has 0 saturated heterocycles. The number of rotatable bonds is 22. The van der Waals surface area contributed by atoms with Gasteiger partial charge in [-0.15, -0.1) is 0 Å². The average molecular weight is 427 g/mol. The second-order valence-corrected chi connectivity index (χ2v) is 8.97. The van der Waals surface area contributed by atoms with Gasteiger partial charge in [0, 0.05) is 6.92 Å². The summed E-state index contributed by atoms with van der Waals surface area (Å²) < 4.78 is 5.45. The molecule has 4 nitrogen and oxygen atoms in total. The summed E-state index contributed by atoms with van der Waals surface area (Å²) in [6.45, 7) is 5.84. The zero-order valence-electron chi connectivity index (χ0n) is 20.3. The molecule has 0 aliphatic rings. The number of aliphatic carboxylic acids is 1. The lowest BCUT2D eigenvalue weighted by atomic mass is 9.91. The number of carboxylic acid groups (broad SMARTS) is 1. The summed E-state index contributed by atoms with van der Waals surface area (Å²) in [5, 5.41) is 9.71. The molecule has 0 aliphatic carbocycles. The molecule has 0 bridgehead atoms. The topological polar surface area (TPSA) is 63.6 Å². The van der Waals surface area contributed by atoms with Gasteiger partial charge in [0.05, 0.1) is 5.92 Å². The number of carboxylic acids is 1. The minimum atomic E-state index is -0.819. The standard InChI is InChI=1S/C26H50O4/c1-4-6-8-10-12-14-15-17-19-21-24(26(28)29)25(30-23(3)27)22-20-18-16-13-11-9-7-5-2/h24-25H,4-22H2,1-3H3,(H,28,29). The van der Waals surface area contributed by atoms with E-state index < -0.39 is 18.0 Å². The fraction of sp³-hybridized carbons (Fsp3) is 0.923. The Morgan fingerprint density at radius 1 is 0.633 bits per heavy atom. The highest BCUT2D eigenvalue weighted by atomic mass is 16.5. The predicted octanol–water partition coefficient (Wildman–Crippen LogP) is 8.07. The molecule has 0 spiro atoms. The molecular weight excluding hydrogens is 376 g/mol. The van der Waals surface area contributed by atoms with Gasteiger partial charge < -0.3 is 9.84 Å². The Hall–Kier alpha value is -1.06. The van der Waals surface area contributed by atoms with Crippen LogP contribution >= 0.6 is 0 Å². The van der Waals surface area contributed by atoms with Gasteiger partial charge in [-0.05, 0) is 19.3 Å². The maximum atomic E-state index is 11.8. The fourth-order valence-corrected chi connectivity index (χ4v) is 4.18. The summed E-state index contributed by atoms with van der Waals surface area (Å²) in [6, 6.07) is 0. The highest BCUT2D eigenvalue weighted by molar-refractivity contribution is 5.72. The minimum absolute atomic E-state index is 0.363. The van der Waals surface area contributed by atoms with Gasteiger partial charge in [-0.1, -0.05) is 117 Å². The maximum absolute atomic E-state index is 11.8. The summed E-state index contributed by atoms with van der Waals surface area (Å²) >= 11 is 0. The van der Waals surface area contributed by atoms with Crippen molar-refractivity contribution in [1.82, 2.24) is 0 Å². The van der Waals surface area contributed by atoms with E-state index in [0.717, 1.165) is 25.7 Å². The molecular formula is C26H50O4. The number of unbranched alkanes of at least 4 members (excludes halogenated alkanes) is 15. The Morgan fingerprint density at radius 2 is 1.00 bits per heavy atom. The molecule has 0 radical (unpaired) electrons. The molecule has 1 N–H and O–H groups in total. The number of hydrogen-bond donors (Lipinski definition) is 1. The van der Waals surface area contributed by atoms with Gasteiger partial charge in [0.15, 0.2) is 0 Å². The van der Waals surface area contributed by atoms with Crippen molar-refractivity contribution in [3.05, 3.63) is 0 Å². The monoisotopic (exact) mass is 426 g/mol. The Kier molecular flexibility index (Phi) is 20.4. The quantitative estimate of drug-likeness (QED) is 0.140. The summed E-state index contributed by atoms with van der Waals surface area (Å²) in [5.74, 6) is -1.75. The van der Waals surface area contributed by atoms with E-state index in [4.69, 9.17) is 4.74 Å². The van der Waals surface area contributed by atoms with Crippen molar-refractivity contribution in [2.24, 2.45) is 5.92 Å². The van der Waals surface area contributed by atoms with Crippen molar-refractivity contribution in [1.29, 1.82) is 0 Å². The van der Waals surface area contributed by atoms with Crippen LogP contribution in [0.25, 0.3) is 0 Å². The highest BCUT2D eigenvalue weighted by Crippen LogP contribution is 2.23. The Labute approximate surface area is 186 Å². The molecule has 0 heterocycles. The first-order valence-corrected chi connectivity index (χ1v) is 12.9. The first kappa shape index (κ1) is 28.9. The molecule has 0 amide bonds. The molecule has 0 fully saturated rings. The zero-order valence-corrected chi connectivity index (χ0v) is 20.3. The van der Waals surface area contributed by atoms with E-state index in [2.05, 4.69) is 13.8 Å². The van der Waals surface area contributed by atoms with E-state index in [1.54, 1.807) is 0 Å². The van der Waals surface area contributed by atoms with E-state index in [0.29, 0.717) is 12.8 Å². The number of hydrogen-bond acceptors (Lipinski definition) is 3. The van der Waals surface area contributed by atoms with Crippen LogP contribution in [0.15, 0.2) is 0 Å². The molecule has 2 atom stereocenters. The van der Waals surface area contributed by atoms with E-state index in [9.17, 15) is 14.7 Å². The van der Waals surface area contributed by atoms with Crippen LogP contribution in [-0.2, 0) is 14.3 Å². The van der Waals surface area contributed by atoms with Crippen molar-refractivity contribution in [3.8, 4) is 0 Å². The fourth-order valence-electron chi connectivity index (χ4n) is 4.18. The highest BCUT2D eigenvalue weighted by Gasteiger charge is 2.29. The summed E-state index contributed by atoms with van der Waals surface area (Å²) in [4.78, 5) is 23.4. The van der Waals surface area contributed by atoms with Gasteiger partial charge >= 0.3 is 11.9 Å². The van der Waals surface area contributed by atoms with Gasteiger partial charge in [0.2, 0.25) is 0 Å². The smallest absolute Gasteiger partial charge is 0.310 e. The SMILES string of the molecule is CCCCCCCCCCCC(C(=O)O)C(CCCCCCCCCC)OC(C)=O. The summed E-state index contributed by atoms with van der Waals surface area (Å²) in [5.41, 5.74) is 0. The Bertz CT molecular complexity index is 408. The molecule has 178 valence electrons. The molecule has 4 heteroatoms. The van der Waals surface area contributed by atoms with Crippen LogP contribution in [0.2, 0.25) is 0 Å². The molecule has 0 aliphatic heterocycles. The van der Waals surface area contributed by atoms with Crippen LogP contribution in [0.4, 0.5) is 0 Å². The van der Waals surface area contributed by atoms with E-state index in [-0.39, 0.29) is 5.97 Å². The van der Waals surface area contributed by atoms with Crippen LogP contribution in [0, 0.1) is 5.92 Å². The largest absolute Gasteiger partial charge is 0.481 e. The van der Waals surface area contributed by atoms with E-state index in [1.165, 1.54) is 90.4 Å². The molecule has 0 saturated carbocycles. The number of esters is 1. The van der Waals surface area contributed by atoms with E-state index >= 15 is 0 Å². The third kappa shape index (κ3) is 17.8. The minimum Gasteiger partial charge on any atom is -0.481 e. The van der Waals surface area contributed by atoms with Crippen LogP contribution in [0.1, 0.15) is 143 Å². The predicted molar refractivity (Wildman–Crippen MR) is 126 cm³/mol. The lowest BCUT2D eigenvalue weighted by Gasteiger charge is -2.24. The molecule has 0 aromatic heterocycles. The van der Waals surface area contributed by atoms with Crippen LogP contribution in [-0.4, -0.2) is 23.1 Å². The second kappa shape index (κ2) is 21.2. The normalized spacial score (nSPS) is 13.2. The van der Waals surface area contributed by atoms with Gasteiger partial charge in [-0.25, -0.2) is 0 Å². The third-order valence-corrected chi connectivity index (χ3v) is 6.04. The van der Waals surface area contributed by atoms with Crippen LogP contribution in [0.5, 0.6) is 0 Å². The molecule has 0 rings (SSSR count). The lowest BCUT2D eigenvalue weighted by molar-refractivity contribution is -0.158. The van der Waals surface area contributed by atoms with Crippen LogP contribution < -0.4 is 0 Å². The first-order valence-electron chi connectivity index (χ1n) is 12.9. The summed E-state index contributed by atoms with van der Waals surface area (Å²) in [6.07, 6.45) is 21.4. The van der Waals surface area contributed by atoms with Gasteiger partial charge in [-0.2, -0.15) is 0 Å². The molecule has 0 aromatic rings. The van der Waals surface area contributed by atoms with Crippen molar-refractivity contribution >= 4 is 11.9 Å². The number of carbonyl (C=O) groups is 2. The Balaban J connectivity index is 4.16.